The van der Waals surface area contributed by atoms with Crippen molar-refractivity contribution in [2.75, 3.05) is 5.32 Å². The van der Waals surface area contributed by atoms with Crippen LogP contribution in [0.4, 0.5) is 5.95 Å². The van der Waals surface area contributed by atoms with Crippen molar-refractivity contribution in [1.82, 2.24) is 20.2 Å². The van der Waals surface area contributed by atoms with E-state index in [1.165, 1.54) is 0 Å². The highest BCUT2D eigenvalue weighted by atomic mass is 16.5. The van der Waals surface area contributed by atoms with Gasteiger partial charge in [-0.05, 0) is 29.8 Å². The molecule has 0 saturated carbocycles. The van der Waals surface area contributed by atoms with Crippen LogP contribution >= 0.6 is 0 Å². The number of aromatic amines is 1. The molecule has 2 aromatic heterocycles. The first-order chi connectivity index (χ1) is 11.9. The molecule has 4 aromatic rings. The number of hydrogen-bond donors (Lipinski definition) is 2. The van der Waals surface area contributed by atoms with E-state index in [1.807, 2.05) is 54.6 Å². The number of rotatable bonds is 5. The third-order valence-corrected chi connectivity index (χ3v) is 3.52. The average molecular weight is 317 g/mol. The summed E-state index contributed by atoms with van der Waals surface area (Å²) in [7, 11) is 0. The van der Waals surface area contributed by atoms with E-state index in [0.717, 1.165) is 28.1 Å². The molecule has 24 heavy (non-hydrogen) atoms. The summed E-state index contributed by atoms with van der Waals surface area (Å²) in [6.45, 7) is 0.606. The Balaban J connectivity index is 1.45. The Morgan fingerprint density at radius 1 is 0.958 bits per heavy atom. The number of anilines is 1. The number of benzene rings is 2. The van der Waals surface area contributed by atoms with E-state index in [1.54, 1.807) is 12.4 Å². The molecule has 0 aliphatic heterocycles. The molecule has 0 aliphatic rings. The largest absolute Gasteiger partial charge is 0.457 e. The molecule has 0 atom stereocenters. The highest BCUT2D eigenvalue weighted by Gasteiger charge is 2.03. The lowest BCUT2D eigenvalue weighted by Gasteiger charge is -2.08. The van der Waals surface area contributed by atoms with Crippen molar-refractivity contribution in [3.8, 4) is 11.5 Å². The smallest absolute Gasteiger partial charge is 0.223 e. The van der Waals surface area contributed by atoms with Crippen molar-refractivity contribution >= 4 is 17.0 Å². The summed E-state index contributed by atoms with van der Waals surface area (Å²) in [4.78, 5) is 8.65. The first kappa shape index (κ1) is 14.2. The Morgan fingerprint density at radius 2 is 1.83 bits per heavy atom. The van der Waals surface area contributed by atoms with Crippen LogP contribution in [0.3, 0.4) is 0 Å². The van der Waals surface area contributed by atoms with Gasteiger partial charge in [0, 0.05) is 6.54 Å². The lowest BCUT2D eigenvalue weighted by Crippen LogP contribution is -2.03. The highest BCUT2D eigenvalue weighted by molar-refractivity contribution is 5.73. The highest BCUT2D eigenvalue weighted by Crippen LogP contribution is 2.22. The Hall–Kier alpha value is -3.41. The van der Waals surface area contributed by atoms with Crippen molar-refractivity contribution in [3.05, 3.63) is 72.6 Å². The first-order valence-corrected chi connectivity index (χ1v) is 7.59. The maximum absolute atomic E-state index is 5.85. The zero-order chi connectivity index (χ0) is 16.2. The number of ether oxygens (including phenoxy) is 1. The quantitative estimate of drug-likeness (QED) is 0.586. The van der Waals surface area contributed by atoms with Gasteiger partial charge in [-0.3, -0.25) is 5.10 Å². The van der Waals surface area contributed by atoms with Crippen LogP contribution in [0, 0.1) is 0 Å². The van der Waals surface area contributed by atoms with Crippen molar-refractivity contribution in [2.45, 2.75) is 6.54 Å². The van der Waals surface area contributed by atoms with E-state index >= 15 is 0 Å². The van der Waals surface area contributed by atoms with Crippen molar-refractivity contribution in [2.24, 2.45) is 0 Å². The topological polar surface area (TPSA) is 75.7 Å². The Labute approximate surface area is 138 Å². The van der Waals surface area contributed by atoms with Crippen LogP contribution < -0.4 is 10.1 Å². The lowest BCUT2D eigenvalue weighted by atomic mass is 10.2. The van der Waals surface area contributed by atoms with Gasteiger partial charge in [0.15, 0.2) is 0 Å². The van der Waals surface area contributed by atoms with Gasteiger partial charge in [-0.25, -0.2) is 9.97 Å². The molecule has 4 rings (SSSR count). The van der Waals surface area contributed by atoms with Gasteiger partial charge in [0.05, 0.1) is 12.4 Å². The van der Waals surface area contributed by atoms with Crippen LogP contribution in [0.2, 0.25) is 0 Å². The minimum absolute atomic E-state index is 0.568. The lowest BCUT2D eigenvalue weighted by molar-refractivity contribution is 0.482. The van der Waals surface area contributed by atoms with Crippen LogP contribution in [-0.4, -0.2) is 20.2 Å². The molecular formula is C18H15N5O. The van der Waals surface area contributed by atoms with Gasteiger partial charge >= 0.3 is 0 Å². The summed E-state index contributed by atoms with van der Waals surface area (Å²) < 4.78 is 5.85. The van der Waals surface area contributed by atoms with E-state index in [4.69, 9.17) is 4.74 Å². The number of H-pyrrole nitrogens is 1. The maximum atomic E-state index is 5.85. The predicted octanol–water partition coefficient (Wildman–Crippen LogP) is 3.76. The van der Waals surface area contributed by atoms with Gasteiger partial charge in [0.1, 0.15) is 22.5 Å². The van der Waals surface area contributed by atoms with Crippen LogP contribution in [0.15, 0.2) is 67.0 Å². The van der Waals surface area contributed by atoms with Crippen LogP contribution in [-0.2, 0) is 6.54 Å². The summed E-state index contributed by atoms with van der Waals surface area (Å²) in [5.41, 5.74) is 2.69. The van der Waals surface area contributed by atoms with Crippen molar-refractivity contribution in [1.29, 1.82) is 0 Å². The van der Waals surface area contributed by atoms with Crippen LogP contribution in [0.1, 0.15) is 5.56 Å². The van der Waals surface area contributed by atoms with E-state index < -0.39 is 0 Å². The molecule has 0 fully saturated rings. The van der Waals surface area contributed by atoms with Gasteiger partial charge in [0.2, 0.25) is 5.95 Å². The molecule has 0 amide bonds. The monoisotopic (exact) mass is 317 g/mol. The normalized spacial score (nSPS) is 10.7. The third kappa shape index (κ3) is 3.17. The maximum Gasteiger partial charge on any atom is 0.223 e. The van der Waals surface area contributed by atoms with Crippen LogP contribution in [0.5, 0.6) is 11.5 Å². The number of aromatic nitrogens is 4. The second-order valence-corrected chi connectivity index (χ2v) is 5.28. The van der Waals surface area contributed by atoms with E-state index in [9.17, 15) is 0 Å². The number of fused-ring (bicyclic) bond motifs is 1. The molecular weight excluding hydrogens is 302 g/mol. The molecule has 0 aliphatic carbocycles. The number of hydrogen-bond acceptors (Lipinski definition) is 5. The molecule has 0 spiro atoms. The van der Waals surface area contributed by atoms with E-state index in [0.29, 0.717) is 12.5 Å². The SMILES string of the molecule is c1ccc(Oc2cccc(CNc3ncc4[nH]ncc4n3)c2)cc1. The Morgan fingerprint density at radius 3 is 2.75 bits per heavy atom. The third-order valence-electron chi connectivity index (χ3n) is 3.52. The molecule has 6 nitrogen and oxygen atoms in total. The van der Waals surface area contributed by atoms with Crippen LogP contribution in [0.25, 0.3) is 11.0 Å². The second-order valence-electron chi connectivity index (χ2n) is 5.28. The van der Waals surface area contributed by atoms with E-state index in [-0.39, 0.29) is 0 Å². The average Bonchev–Trinajstić information content (AvgIpc) is 3.09. The predicted molar refractivity (Wildman–Crippen MR) is 92.0 cm³/mol. The molecule has 0 bridgehead atoms. The molecule has 0 saturated heterocycles. The van der Waals surface area contributed by atoms with Crippen molar-refractivity contribution < 1.29 is 4.74 Å². The zero-order valence-corrected chi connectivity index (χ0v) is 12.8. The fraction of sp³-hybridized carbons (Fsp3) is 0.0556. The number of nitrogens with zero attached hydrogens (tertiary/aromatic N) is 3. The summed E-state index contributed by atoms with van der Waals surface area (Å²) in [6, 6.07) is 17.6. The Kier molecular flexibility index (Phi) is 3.77. The molecule has 2 aromatic carbocycles. The zero-order valence-electron chi connectivity index (χ0n) is 12.8. The summed E-state index contributed by atoms with van der Waals surface area (Å²) >= 11 is 0. The fourth-order valence-corrected chi connectivity index (χ4v) is 2.35. The summed E-state index contributed by atoms with van der Waals surface area (Å²) in [5.74, 6) is 2.18. The summed E-state index contributed by atoms with van der Waals surface area (Å²) in [6.07, 6.45) is 3.39. The minimum Gasteiger partial charge on any atom is -0.457 e. The molecule has 2 heterocycles. The molecule has 118 valence electrons. The Bertz CT molecular complexity index is 952. The number of para-hydroxylation sites is 1. The van der Waals surface area contributed by atoms with E-state index in [2.05, 4.69) is 25.5 Å². The molecule has 0 unspecified atom stereocenters. The fourth-order valence-electron chi connectivity index (χ4n) is 2.35. The van der Waals surface area contributed by atoms with Gasteiger partial charge in [0.25, 0.3) is 0 Å². The first-order valence-electron chi connectivity index (χ1n) is 7.59. The molecule has 2 N–H and O–H groups in total. The van der Waals surface area contributed by atoms with Gasteiger partial charge in [-0.1, -0.05) is 30.3 Å². The van der Waals surface area contributed by atoms with Gasteiger partial charge in [-0.2, -0.15) is 5.10 Å². The molecule has 6 heteroatoms. The second kappa shape index (κ2) is 6.37. The minimum atomic E-state index is 0.568. The molecule has 0 radical (unpaired) electrons. The number of nitrogens with one attached hydrogen (secondary N) is 2. The summed E-state index contributed by atoms with van der Waals surface area (Å²) in [5, 5.41) is 9.99. The standard InChI is InChI=1S/C18H15N5O/c1-2-6-14(7-3-1)24-15-8-4-5-13(9-15)10-19-18-20-11-17-16(22-18)12-21-23-17/h1-9,11-12H,10H2,(H,21,23)(H,19,20,22). The van der Waals surface area contributed by atoms with Crippen molar-refractivity contribution in [3.63, 3.8) is 0 Å². The van der Waals surface area contributed by atoms with Gasteiger partial charge in [-0.15, -0.1) is 0 Å². The van der Waals surface area contributed by atoms with Gasteiger partial charge < -0.3 is 10.1 Å².